The van der Waals surface area contributed by atoms with Crippen LogP contribution in [0.3, 0.4) is 0 Å². The third-order valence-corrected chi connectivity index (χ3v) is 3.14. The molecule has 20 heavy (non-hydrogen) atoms. The molecular weight excluding hydrogens is 294 g/mol. The number of H-pyrrole nitrogens is 1. The Morgan fingerprint density at radius 2 is 1.95 bits per heavy atom. The van der Waals surface area contributed by atoms with Gasteiger partial charge in [-0.2, -0.15) is 0 Å². The first-order valence-electron chi connectivity index (χ1n) is 5.54. The minimum absolute atomic E-state index is 0.00579. The van der Waals surface area contributed by atoms with Gasteiger partial charge in [0.2, 0.25) is 0 Å². The lowest BCUT2D eigenvalue weighted by Crippen LogP contribution is -2.19. The molecule has 0 saturated carbocycles. The molecule has 6 nitrogen and oxygen atoms in total. The van der Waals surface area contributed by atoms with Crippen LogP contribution in [0.15, 0.2) is 40.1 Å². The Balaban J connectivity index is 2.43. The highest BCUT2D eigenvalue weighted by molar-refractivity contribution is 7.89. The summed E-state index contributed by atoms with van der Waals surface area (Å²) in [5.74, 6) is 0.188. The van der Waals surface area contributed by atoms with E-state index in [1.807, 2.05) is 18.2 Å². The van der Waals surface area contributed by atoms with Gasteiger partial charge in [-0.15, -0.1) is 0 Å². The highest BCUT2D eigenvalue weighted by atomic mass is 32.1. The minimum Gasteiger partial charge on any atom is -0.387 e. The van der Waals surface area contributed by atoms with Gasteiger partial charge < -0.3 is 11.5 Å². The smallest absolute Gasteiger partial charge is 0.282 e. The third kappa shape index (κ3) is 2.81. The summed E-state index contributed by atoms with van der Waals surface area (Å²) in [6, 6.07) is 9.03. The number of aliphatic imine (C=N–C) groups is 1. The Morgan fingerprint density at radius 3 is 2.55 bits per heavy atom. The molecule has 0 radical (unpaired) electrons. The highest BCUT2D eigenvalue weighted by Crippen LogP contribution is 2.07. The second kappa shape index (κ2) is 5.76. The molecule has 5 N–H and O–H groups in total. The lowest BCUT2D eigenvalue weighted by Gasteiger charge is -1.99. The number of nitrogens with one attached hydrogen (secondary N) is 1. The summed E-state index contributed by atoms with van der Waals surface area (Å²) in [6.45, 7) is 0. The van der Waals surface area contributed by atoms with E-state index in [-0.39, 0.29) is 26.9 Å². The average Bonchev–Trinajstić information content (AvgIpc) is 2.72. The second-order valence-corrected chi connectivity index (χ2v) is 4.67. The maximum Gasteiger partial charge on any atom is 0.282 e. The Labute approximate surface area is 125 Å². The van der Waals surface area contributed by atoms with Crippen LogP contribution in [0, 0.1) is 0 Å². The Morgan fingerprint density at radius 1 is 1.30 bits per heavy atom. The van der Waals surface area contributed by atoms with E-state index in [2.05, 4.69) is 22.3 Å². The first kappa shape index (κ1) is 14.1. The van der Waals surface area contributed by atoms with Gasteiger partial charge in [0, 0.05) is 6.21 Å². The fraction of sp³-hybridized carbons (Fsp3) is 0. The van der Waals surface area contributed by atoms with Crippen molar-refractivity contribution in [1.82, 2.24) is 9.78 Å². The molecule has 1 aromatic carbocycles. The quantitative estimate of drug-likeness (QED) is 0.562. The zero-order valence-electron chi connectivity index (χ0n) is 10.2. The largest absolute Gasteiger partial charge is 0.387 e. The summed E-state index contributed by atoms with van der Waals surface area (Å²) in [6.07, 6.45) is 1.26. The standard InChI is InChI=1S/C12H11N5OS2/c13-9-8(6-15-11(20)10(14)19)12(18)17(16-9)7-4-2-1-3-5-7/h1-6,16H,13H2,(H2,14,19). The number of hydrogen-bond acceptors (Lipinski definition) is 4. The van der Waals surface area contributed by atoms with Gasteiger partial charge in [0.25, 0.3) is 5.56 Å². The van der Waals surface area contributed by atoms with E-state index in [9.17, 15) is 4.79 Å². The Kier molecular flexibility index (Phi) is 4.06. The van der Waals surface area contributed by atoms with Crippen LogP contribution in [0.5, 0.6) is 0 Å². The number of hydrogen-bond donors (Lipinski definition) is 3. The topological polar surface area (TPSA) is 102 Å². The molecule has 0 aliphatic carbocycles. The van der Waals surface area contributed by atoms with Crippen LogP contribution in [0.2, 0.25) is 0 Å². The molecule has 0 saturated heterocycles. The van der Waals surface area contributed by atoms with Gasteiger partial charge in [0.05, 0.1) is 5.69 Å². The molecule has 0 aliphatic heterocycles. The Bertz CT molecular complexity index is 745. The van der Waals surface area contributed by atoms with Crippen molar-refractivity contribution in [2.24, 2.45) is 10.7 Å². The second-order valence-electron chi connectivity index (χ2n) is 3.84. The van der Waals surface area contributed by atoms with Crippen molar-refractivity contribution >= 4 is 46.4 Å². The number of para-hydroxylation sites is 1. The van der Waals surface area contributed by atoms with E-state index < -0.39 is 0 Å². The molecule has 0 bridgehead atoms. The molecule has 1 heterocycles. The van der Waals surface area contributed by atoms with Gasteiger partial charge >= 0.3 is 0 Å². The normalized spacial score (nSPS) is 10.8. The molecule has 0 unspecified atom stereocenters. The number of thiocarbonyl (C=S) groups is 2. The first-order valence-corrected chi connectivity index (χ1v) is 6.36. The number of rotatable bonds is 2. The van der Waals surface area contributed by atoms with Crippen LogP contribution >= 0.6 is 24.4 Å². The van der Waals surface area contributed by atoms with Crippen molar-refractivity contribution < 1.29 is 0 Å². The Hall–Kier alpha value is -2.32. The number of nitrogens with two attached hydrogens (primary N) is 2. The van der Waals surface area contributed by atoms with Gasteiger partial charge in [-0.1, -0.05) is 42.6 Å². The van der Waals surface area contributed by atoms with Gasteiger partial charge in [-0.3, -0.25) is 9.89 Å². The molecule has 8 heteroatoms. The van der Waals surface area contributed by atoms with Crippen LogP contribution in [0.4, 0.5) is 5.82 Å². The summed E-state index contributed by atoms with van der Waals surface area (Å²) in [4.78, 5) is 16.1. The highest BCUT2D eigenvalue weighted by Gasteiger charge is 2.11. The van der Waals surface area contributed by atoms with E-state index in [1.54, 1.807) is 12.1 Å². The molecule has 1 aromatic heterocycles. The number of aromatic nitrogens is 2. The van der Waals surface area contributed by atoms with Gasteiger partial charge in [0.15, 0.2) is 4.99 Å². The number of anilines is 1. The van der Waals surface area contributed by atoms with E-state index in [1.165, 1.54) is 10.9 Å². The number of nitrogen functional groups attached to an aromatic ring is 1. The fourth-order valence-electron chi connectivity index (χ4n) is 1.54. The van der Waals surface area contributed by atoms with Crippen LogP contribution in [0.1, 0.15) is 5.56 Å². The summed E-state index contributed by atoms with van der Waals surface area (Å²) >= 11 is 9.52. The lowest BCUT2D eigenvalue weighted by atomic mass is 10.3. The average molecular weight is 305 g/mol. The molecule has 102 valence electrons. The summed E-state index contributed by atoms with van der Waals surface area (Å²) in [5, 5.41) is 2.77. The van der Waals surface area contributed by atoms with Crippen molar-refractivity contribution in [1.29, 1.82) is 0 Å². The molecule has 0 aliphatic rings. The van der Waals surface area contributed by atoms with Crippen molar-refractivity contribution in [3.63, 3.8) is 0 Å². The number of benzene rings is 1. The molecule has 2 aromatic rings. The van der Waals surface area contributed by atoms with Crippen LogP contribution in [0.25, 0.3) is 5.69 Å². The summed E-state index contributed by atoms with van der Waals surface area (Å²) < 4.78 is 1.32. The van der Waals surface area contributed by atoms with Crippen LogP contribution < -0.4 is 17.0 Å². The monoisotopic (exact) mass is 305 g/mol. The molecule has 0 amide bonds. The van der Waals surface area contributed by atoms with E-state index in [0.717, 1.165) is 0 Å². The zero-order chi connectivity index (χ0) is 14.7. The van der Waals surface area contributed by atoms with E-state index in [4.69, 9.17) is 23.7 Å². The minimum atomic E-state index is -0.330. The maximum absolute atomic E-state index is 12.2. The fourth-order valence-corrected chi connectivity index (χ4v) is 1.64. The van der Waals surface area contributed by atoms with Crippen LogP contribution in [-0.4, -0.2) is 26.0 Å². The molecular formula is C12H11N5OS2. The number of aromatic amines is 1. The van der Waals surface area contributed by atoms with Crippen molar-refractivity contribution in [3.05, 3.63) is 46.2 Å². The van der Waals surface area contributed by atoms with Crippen LogP contribution in [-0.2, 0) is 0 Å². The maximum atomic E-state index is 12.2. The molecule has 0 atom stereocenters. The van der Waals surface area contributed by atoms with Crippen molar-refractivity contribution in [3.8, 4) is 5.69 Å². The third-order valence-electron chi connectivity index (χ3n) is 2.49. The summed E-state index contributed by atoms with van der Waals surface area (Å²) in [5.41, 5.74) is 11.6. The zero-order valence-corrected chi connectivity index (χ0v) is 11.9. The van der Waals surface area contributed by atoms with Crippen molar-refractivity contribution in [2.75, 3.05) is 5.73 Å². The van der Waals surface area contributed by atoms with E-state index >= 15 is 0 Å². The SMILES string of the molecule is NC(=S)C(=S)N=Cc1c(N)[nH]n(-c2ccccc2)c1=O. The van der Waals surface area contributed by atoms with E-state index in [0.29, 0.717) is 5.69 Å². The van der Waals surface area contributed by atoms with Crippen molar-refractivity contribution in [2.45, 2.75) is 0 Å². The molecule has 0 fully saturated rings. The first-order chi connectivity index (χ1) is 9.50. The van der Waals surface area contributed by atoms with Gasteiger partial charge in [-0.05, 0) is 12.1 Å². The summed E-state index contributed by atoms with van der Waals surface area (Å²) in [7, 11) is 0. The molecule has 0 spiro atoms. The lowest BCUT2D eigenvalue weighted by molar-refractivity contribution is 0.853. The predicted octanol–water partition coefficient (Wildman–Crippen LogP) is 0.780. The molecule has 2 rings (SSSR count). The predicted molar refractivity (Wildman–Crippen MR) is 87.8 cm³/mol. The number of nitrogens with zero attached hydrogens (tertiary/aromatic N) is 2. The van der Waals surface area contributed by atoms with Gasteiger partial charge in [0.1, 0.15) is 16.4 Å². The van der Waals surface area contributed by atoms with Gasteiger partial charge in [-0.25, -0.2) is 9.67 Å².